The number of nitrogens with zero attached hydrogens (tertiary/aromatic N) is 7. The molecule has 4 rings (SSSR count). The second kappa shape index (κ2) is 8.03. The molecule has 0 aliphatic carbocycles. The minimum atomic E-state index is -0.0755. The van der Waals surface area contributed by atoms with Crippen LogP contribution in [-0.4, -0.2) is 95.2 Å². The Morgan fingerprint density at radius 1 is 1.00 bits per heavy atom. The number of aromatic nitrogens is 4. The molecule has 0 radical (unpaired) electrons. The van der Waals surface area contributed by atoms with Crippen molar-refractivity contribution in [3.8, 4) is 11.3 Å². The number of ether oxygens (including phenoxy) is 1. The fourth-order valence-corrected chi connectivity index (χ4v) is 3.30. The van der Waals surface area contributed by atoms with E-state index in [9.17, 15) is 4.79 Å². The van der Waals surface area contributed by atoms with Gasteiger partial charge in [0.25, 0.3) is 5.91 Å². The number of likely N-dealkylation sites (N-methyl/N-ethyl adjacent to an activating group) is 1. The molecular formula is C18H24N8O2. The van der Waals surface area contributed by atoms with E-state index >= 15 is 0 Å². The molecular weight excluding hydrogens is 360 g/mol. The van der Waals surface area contributed by atoms with E-state index in [1.54, 1.807) is 18.6 Å². The molecule has 2 aliphatic rings. The standard InChI is InChI=1S/C18H24N8O2/c1-24-2-4-25(5-3-24)16(27)14-12-22-18(26-6-8-28-9-7-26)23-15(14)13-10-20-17(19)21-11-13/h10-12H,2-9H2,1H3,(H2,19,20,21). The van der Waals surface area contributed by atoms with Crippen LogP contribution in [0, 0.1) is 0 Å². The number of nitrogen functional groups attached to an aromatic ring is 1. The average Bonchev–Trinajstić information content (AvgIpc) is 2.74. The lowest BCUT2D eigenvalue weighted by Crippen LogP contribution is -2.47. The van der Waals surface area contributed by atoms with Crippen LogP contribution in [0.25, 0.3) is 11.3 Å². The number of carbonyl (C=O) groups is 1. The summed E-state index contributed by atoms with van der Waals surface area (Å²) in [5.74, 6) is 0.677. The highest BCUT2D eigenvalue weighted by molar-refractivity contribution is 5.99. The summed E-state index contributed by atoms with van der Waals surface area (Å²) >= 11 is 0. The van der Waals surface area contributed by atoms with Crippen LogP contribution in [0.1, 0.15) is 10.4 Å². The summed E-state index contributed by atoms with van der Waals surface area (Å²) in [5.41, 5.74) is 7.25. The molecule has 2 fully saturated rings. The highest BCUT2D eigenvalue weighted by atomic mass is 16.5. The Bertz CT molecular complexity index is 830. The van der Waals surface area contributed by atoms with Gasteiger partial charge in [0, 0.05) is 63.4 Å². The Kier molecular flexibility index (Phi) is 5.31. The van der Waals surface area contributed by atoms with Crippen molar-refractivity contribution in [2.75, 3.05) is 70.2 Å². The van der Waals surface area contributed by atoms with Gasteiger partial charge in [0.05, 0.1) is 24.5 Å². The summed E-state index contributed by atoms with van der Waals surface area (Å²) < 4.78 is 5.40. The molecule has 2 N–H and O–H groups in total. The second-order valence-corrected chi connectivity index (χ2v) is 6.96. The summed E-state index contributed by atoms with van der Waals surface area (Å²) in [6.07, 6.45) is 4.80. The summed E-state index contributed by atoms with van der Waals surface area (Å²) in [6, 6.07) is 0. The number of morpholine rings is 1. The SMILES string of the molecule is CN1CCN(C(=O)c2cnc(N3CCOCC3)nc2-c2cnc(N)nc2)CC1. The normalized spacial score (nSPS) is 18.3. The molecule has 2 saturated heterocycles. The van der Waals surface area contributed by atoms with E-state index < -0.39 is 0 Å². The van der Waals surface area contributed by atoms with Crippen molar-refractivity contribution in [3.05, 3.63) is 24.2 Å². The number of hydrogen-bond donors (Lipinski definition) is 1. The smallest absolute Gasteiger partial charge is 0.257 e. The molecule has 4 heterocycles. The van der Waals surface area contributed by atoms with Crippen molar-refractivity contribution < 1.29 is 9.53 Å². The Morgan fingerprint density at radius 3 is 2.36 bits per heavy atom. The Labute approximate surface area is 163 Å². The number of hydrogen-bond acceptors (Lipinski definition) is 9. The molecule has 0 unspecified atom stereocenters. The lowest BCUT2D eigenvalue weighted by Gasteiger charge is -2.33. The predicted octanol–water partition coefficient (Wildman–Crippen LogP) is -0.260. The van der Waals surface area contributed by atoms with Gasteiger partial charge in [-0.2, -0.15) is 0 Å². The molecule has 2 aliphatic heterocycles. The van der Waals surface area contributed by atoms with Gasteiger partial charge in [-0.3, -0.25) is 4.79 Å². The second-order valence-electron chi connectivity index (χ2n) is 6.96. The average molecular weight is 384 g/mol. The van der Waals surface area contributed by atoms with Gasteiger partial charge in [-0.1, -0.05) is 0 Å². The molecule has 0 bridgehead atoms. The van der Waals surface area contributed by atoms with Gasteiger partial charge in [0.15, 0.2) is 0 Å². The first-order valence-electron chi connectivity index (χ1n) is 9.37. The van der Waals surface area contributed by atoms with Crippen molar-refractivity contribution in [1.82, 2.24) is 29.7 Å². The minimum Gasteiger partial charge on any atom is -0.378 e. The molecule has 28 heavy (non-hydrogen) atoms. The summed E-state index contributed by atoms with van der Waals surface area (Å²) in [5, 5.41) is 0. The van der Waals surface area contributed by atoms with Crippen molar-refractivity contribution in [3.63, 3.8) is 0 Å². The molecule has 10 nitrogen and oxygen atoms in total. The van der Waals surface area contributed by atoms with Gasteiger partial charge in [0.2, 0.25) is 11.9 Å². The molecule has 0 aromatic carbocycles. The first-order valence-corrected chi connectivity index (χ1v) is 9.37. The van der Waals surface area contributed by atoms with E-state index in [0.717, 1.165) is 13.1 Å². The van der Waals surface area contributed by atoms with Gasteiger partial charge < -0.3 is 25.2 Å². The number of nitrogens with two attached hydrogens (primary N) is 1. The molecule has 2 aromatic rings. The van der Waals surface area contributed by atoms with Crippen LogP contribution in [0.3, 0.4) is 0 Å². The molecule has 0 spiro atoms. The van der Waals surface area contributed by atoms with Crippen LogP contribution in [0.2, 0.25) is 0 Å². The van der Waals surface area contributed by atoms with Crippen LogP contribution in [0.5, 0.6) is 0 Å². The number of piperazine rings is 1. The van der Waals surface area contributed by atoms with E-state index in [4.69, 9.17) is 15.5 Å². The molecule has 148 valence electrons. The Hall–Kier alpha value is -2.85. The van der Waals surface area contributed by atoms with Crippen LogP contribution in [-0.2, 0) is 4.74 Å². The lowest BCUT2D eigenvalue weighted by molar-refractivity contribution is 0.0664. The molecule has 2 aromatic heterocycles. The summed E-state index contributed by atoms with van der Waals surface area (Å²) in [4.78, 5) is 36.6. The largest absolute Gasteiger partial charge is 0.378 e. The number of anilines is 2. The Balaban J connectivity index is 1.70. The highest BCUT2D eigenvalue weighted by Crippen LogP contribution is 2.25. The monoisotopic (exact) mass is 384 g/mol. The van der Waals surface area contributed by atoms with Crippen LogP contribution < -0.4 is 10.6 Å². The number of rotatable bonds is 3. The predicted molar refractivity (Wildman–Crippen MR) is 104 cm³/mol. The lowest BCUT2D eigenvalue weighted by atomic mass is 10.1. The van der Waals surface area contributed by atoms with Gasteiger partial charge >= 0.3 is 0 Å². The maximum absolute atomic E-state index is 13.2. The zero-order valence-corrected chi connectivity index (χ0v) is 15.9. The maximum Gasteiger partial charge on any atom is 0.257 e. The summed E-state index contributed by atoms with van der Waals surface area (Å²) in [6.45, 7) is 5.73. The van der Waals surface area contributed by atoms with Gasteiger partial charge in [-0.15, -0.1) is 0 Å². The quantitative estimate of drug-likeness (QED) is 0.764. The fourth-order valence-electron chi connectivity index (χ4n) is 3.30. The first kappa shape index (κ1) is 18.5. The third-order valence-electron chi connectivity index (χ3n) is 5.04. The zero-order valence-electron chi connectivity index (χ0n) is 15.9. The zero-order chi connectivity index (χ0) is 19.5. The van der Waals surface area contributed by atoms with Crippen LogP contribution in [0.15, 0.2) is 18.6 Å². The van der Waals surface area contributed by atoms with E-state index in [-0.39, 0.29) is 11.9 Å². The summed E-state index contributed by atoms with van der Waals surface area (Å²) in [7, 11) is 2.05. The number of carbonyl (C=O) groups excluding carboxylic acids is 1. The first-order chi connectivity index (χ1) is 13.6. The van der Waals surface area contributed by atoms with Crippen LogP contribution >= 0.6 is 0 Å². The Morgan fingerprint density at radius 2 is 1.68 bits per heavy atom. The van der Waals surface area contributed by atoms with Crippen molar-refractivity contribution in [2.24, 2.45) is 0 Å². The van der Waals surface area contributed by atoms with E-state index in [1.807, 2.05) is 4.90 Å². The molecule has 0 atom stereocenters. The van der Waals surface area contributed by atoms with Gasteiger partial charge in [0.1, 0.15) is 0 Å². The minimum absolute atomic E-state index is 0.0755. The van der Waals surface area contributed by atoms with Crippen molar-refractivity contribution in [1.29, 1.82) is 0 Å². The van der Waals surface area contributed by atoms with E-state index in [0.29, 0.717) is 62.2 Å². The van der Waals surface area contributed by atoms with Crippen molar-refractivity contribution >= 4 is 17.8 Å². The number of amides is 1. The van der Waals surface area contributed by atoms with E-state index in [1.165, 1.54) is 0 Å². The topological polar surface area (TPSA) is 114 Å². The highest BCUT2D eigenvalue weighted by Gasteiger charge is 2.26. The molecule has 0 saturated carbocycles. The van der Waals surface area contributed by atoms with E-state index in [2.05, 4.69) is 31.8 Å². The molecule has 10 heteroatoms. The maximum atomic E-state index is 13.2. The third kappa shape index (κ3) is 3.87. The van der Waals surface area contributed by atoms with Gasteiger partial charge in [-0.05, 0) is 7.05 Å². The van der Waals surface area contributed by atoms with Gasteiger partial charge in [-0.25, -0.2) is 19.9 Å². The molecule has 1 amide bonds. The van der Waals surface area contributed by atoms with Crippen molar-refractivity contribution in [2.45, 2.75) is 0 Å². The fraction of sp³-hybridized carbons (Fsp3) is 0.500. The van der Waals surface area contributed by atoms with Crippen LogP contribution in [0.4, 0.5) is 11.9 Å². The third-order valence-corrected chi connectivity index (χ3v) is 5.04.